The number of hydrogen-bond acceptors (Lipinski definition) is 4. The number of ether oxygens (including phenoxy) is 3. The smallest absolute Gasteiger partial charge is 0.161 e. The van der Waals surface area contributed by atoms with E-state index in [0.717, 1.165) is 47.5 Å². The molecule has 2 aromatic carbocycles. The fourth-order valence-corrected chi connectivity index (χ4v) is 3.39. The highest BCUT2D eigenvalue weighted by molar-refractivity contribution is 6.30. The first-order valence-electron chi connectivity index (χ1n) is 8.22. The van der Waals surface area contributed by atoms with Gasteiger partial charge in [0.25, 0.3) is 0 Å². The maximum absolute atomic E-state index is 6.14. The maximum atomic E-state index is 6.14. The van der Waals surface area contributed by atoms with Crippen LogP contribution in [0.25, 0.3) is 0 Å². The summed E-state index contributed by atoms with van der Waals surface area (Å²) in [5.41, 5.74) is 3.61. The molecule has 4 nitrogen and oxygen atoms in total. The molecule has 0 amide bonds. The average Bonchev–Trinajstić information content (AvgIpc) is 2.76. The largest absolute Gasteiger partial charge is 0.492 e. The fraction of sp³-hybridized carbons (Fsp3) is 0.368. The van der Waals surface area contributed by atoms with Gasteiger partial charge in [0.1, 0.15) is 25.6 Å². The summed E-state index contributed by atoms with van der Waals surface area (Å²) >= 11 is 6.14. The molecule has 24 heavy (non-hydrogen) atoms. The zero-order valence-corrected chi connectivity index (χ0v) is 14.4. The molecule has 0 fully saturated rings. The van der Waals surface area contributed by atoms with Crippen molar-refractivity contribution in [2.75, 3.05) is 26.4 Å². The van der Waals surface area contributed by atoms with E-state index in [1.807, 2.05) is 18.2 Å². The first-order valence-corrected chi connectivity index (χ1v) is 8.59. The van der Waals surface area contributed by atoms with Gasteiger partial charge in [-0.25, -0.2) is 0 Å². The lowest BCUT2D eigenvalue weighted by Gasteiger charge is -2.24. The Morgan fingerprint density at radius 1 is 0.958 bits per heavy atom. The molecule has 0 aliphatic carbocycles. The third-order valence-corrected chi connectivity index (χ3v) is 4.71. The van der Waals surface area contributed by atoms with Crippen molar-refractivity contribution < 1.29 is 14.2 Å². The van der Waals surface area contributed by atoms with Crippen LogP contribution in [0.1, 0.15) is 16.7 Å². The van der Waals surface area contributed by atoms with E-state index in [4.69, 9.17) is 25.8 Å². The predicted octanol–water partition coefficient (Wildman–Crippen LogP) is 3.81. The Labute approximate surface area is 146 Å². The van der Waals surface area contributed by atoms with Crippen LogP contribution in [0.4, 0.5) is 0 Å². The van der Waals surface area contributed by atoms with E-state index in [0.29, 0.717) is 19.8 Å². The summed E-state index contributed by atoms with van der Waals surface area (Å²) in [5.74, 6) is 2.62. The Hall–Kier alpha value is -1.91. The third-order valence-electron chi connectivity index (χ3n) is 4.48. The van der Waals surface area contributed by atoms with E-state index in [1.54, 1.807) is 0 Å². The van der Waals surface area contributed by atoms with Crippen molar-refractivity contribution in [3.63, 3.8) is 0 Å². The Bertz CT molecular complexity index is 763. The van der Waals surface area contributed by atoms with E-state index in [2.05, 4.69) is 24.0 Å². The van der Waals surface area contributed by atoms with Crippen molar-refractivity contribution in [3.05, 3.63) is 52.0 Å². The summed E-state index contributed by atoms with van der Waals surface area (Å²) in [6, 6.07) is 10.0. The molecule has 0 spiro atoms. The lowest BCUT2D eigenvalue weighted by Crippen LogP contribution is -2.26. The summed E-state index contributed by atoms with van der Waals surface area (Å²) < 4.78 is 17.2. The molecule has 0 radical (unpaired) electrons. The van der Waals surface area contributed by atoms with Gasteiger partial charge in [-0.2, -0.15) is 0 Å². The summed E-state index contributed by atoms with van der Waals surface area (Å²) in [6.07, 6.45) is 0. The summed E-state index contributed by atoms with van der Waals surface area (Å²) in [5, 5.41) is 0.745. The Morgan fingerprint density at radius 3 is 2.54 bits per heavy atom. The molecule has 2 heterocycles. The summed E-state index contributed by atoms with van der Waals surface area (Å²) in [4.78, 5) is 2.38. The molecule has 0 saturated heterocycles. The van der Waals surface area contributed by atoms with Crippen molar-refractivity contribution in [2.45, 2.75) is 20.0 Å². The van der Waals surface area contributed by atoms with Crippen molar-refractivity contribution in [2.24, 2.45) is 0 Å². The standard InChI is InChI=1S/C19H20ClNO3/c1-13-8-18-19(24-7-6-23-18)10-14(13)11-21-4-5-22-17-3-2-16(20)9-15(17)12-21/h2-3,8-10H,4-7,11-12H2,1H3. The van der Waals surface area contributed by atoms with Crippen molar-refractivity contribution in [1.82, 2.24) is 4.90 Å². The molecule has 0 saturated carbocycles. The molecule has 4 rings (SSSR count). The minimum atomic E-state index is 0.610. The van der Waals surface area contributed by atoms with Crippen LogP contribution in [-0.2, 0) is 13.1 Å². The van der Waals surface area contributed by atoms with Crippen LogP contribution in [0.15, 0.2) is 30.3 Å². The quantitative estimate of drug-likeness (QED) is 0.828. The van der Waals surface area contributed by atoms with Gasteiger partial charge in [0.05, 0.1) is 0 Å². The van der Waals surface area contributed by atoms with Gasteiger partial charge in [-0.05, 0) is 48.4 Å². The van der Waals surface area contributed by atoms with Gasteiger partial charge < -0.3 is 14.2 Å². The normalized spacial score (nSPS) is 16.9. The van der Waals surface area contributed by atoms with Crippen LogP contribution in [0, 0.1) is 6.92 Å². The van der Waals surface area contributed by atoms with E-state index in [9.17, 15) is 0 Å². The molecule has 0 aromatic heterocycles. The Balaban J connectivity index is 1.57. The van der Waals surface area contributed by atoms with Gasteiger partial charge in [0.15, 0.2) is 11.5 Å². The maximum Gasteiger partial charge on any atom is 0.161 e. The van der Waals surface area contributed by atoms with Crippen LogP contribution in [0.2, 0.25) is 5.02 Å². The minimum absolute atomic E-state index is 0.610. The molecule has 0 unspecified atom stereocenters. The molecular weight excluding hydrogens is 326 g/mol. The van der Waals surface area contributed by atoms with E-state index < -0.39 is 0 Å². The van der Waals surface area contributed by atoms with Crippen LogP contribution in [-0.4, -0.2) is 31.3 Å². The van der Waals surface area contributed by atoms with Gasteiger partial charge in [-0.1, -0.05) is 11.6 Å². The molecule has 2 aliphatic heterocycles. The second kappa shape index (κ2) is 6.54. The first-order chi connectivity index (χ1) is 11.7. The Morgan fingerprint density at radius 2 is 1.71 bits per heavy atom. The molecule has 126 valence electrons. The number of benzene rings is 2. The van der Waals surface area contributed by atoms with Crippen LogP contribution < -0.4 is 14.2 Å². The van der Waals surface area contributed by atoms with Gasteiger partial charge >= 0.3 is 0 Å². The van der Waals surface area contributed by atoms with Crippen LogP contribution in [0.5, 0.6) is 17.2 Å². The zero-order valence-electron chi connectivity index (χ0n) is 13.7. The number of aryl methyl sites for hydroxylation is 1. The van der Waals surface area contributed by atoms with Gasteiger partial charge in [-0.3, -0.25) is 4.90 Å². The average molecular weight is 346 g/mol. The lowest BCUT2D eigenvalue weighted by molar-refractivity contribution is 0.170. The second-order valence-electron chi connectivity index (χ2n) is 6.23. The molecule has 2 aromatic rings. The lowest BCUT2D eigenvalue weighted by atomic mass is 10.1. The minimum Gasteiger partial charge on any atom is -0.492 e. The monoisotopic (exact) mass is 345 g/mol. The second-order valence-corrected chi connectivity index (χ2v) is 6.67. The predicted molar refractivity (Wildman–Crippen MR) is 93.2 cm³/mol. The number of rotatable bonds is 2. The van der Waals surface area contributed by atoms with Crippen molar-refractivity contribution in [3.8, 4) is 17.2 Å². The fourth-order valence-electron chi connectivity index (χ4n) is 3.20. The van der Waals surface area contributed by atoms with Crippen molar-refractivity contribution in [1.29, 1.82) is 0 Å². The van der Waals surface area contributed by atoms with E-state index in [1.165, 1.54) is 11.1 Å². The van der Waals surface area contributed by atoms with Crippen LogP contribution >= 0.6 is 11.6 Å². The van der Waals surface area contributed by atoms with E-state index >= 15 is 0 Å². The first kappa shape index (κ1) is 15.6. The summed E-state index contributed by atoms with van der Waals surface area (Å²) in [6.45, 7) is 6.57. The highest BCUT2D eigenvalue weighted by atomic mass is 35.5. The molecular formula is C19H20ClNO3. The highest BCUT2D eigenvalue weighted by Gasteiger charge is 2.19. The zero-order chi connectivity index (χ0) is 16.5. The molecule has 5 heteroatoms. The molecule has 0 atom stereocenters. The highest BCUT2D eigenvalue weighted by Crippen LogP contribution is 2.34. The topological polar surface area (TPSA) is 30.9 Å². The van der Waals surface area contributed by atoms with Gasteiger partial charge in [0.2, 0.25) is 0 Å². The van der Waals surface area contributed by atoms with Gasteiger partial charge in [0, 0.05) is 30.2 Å². The van der Waals surface area contributed by atoms with Crippen molar-refractivity contribution >= 4 is 11.6 Å². The van der Waals surface area contributed by atoms with Crippen LogP contribution in [0.3, 0.4) is 0 Å². The SMILES string of the molecule is Cc1cc2c(cc1CN1CCOc3ccc(Cl)cc3C1)OCCO2. The number of nitrogens with zero attached hydrogens (tertiary/aromatic N) is 1. The number of fused-ring (bicyclic) bond motifs is 2. The Kier molecular flexibility index (Phi) is 4.25. The van der Waals surface area contributed by atoms with E-state index in [-0.39, 0.29) is 0 Å². The molecule has 0 N–H and O–H groups in total. The van der Waals surface area contributed by atoms with Gasteiger partial charge in [-0.15, -0.1) is 0 Å². The number of halogens is 1. The molecule has 0 bridgehead atoms. The number of hydrogen-bond donors (Lipinski definition) is 0. The molecule has 2 aliphatic rings. The third kappa shape index (κ3) is 3.17. The summed E-state index contributed by atoms with van der Waals surface area (Å²) in [7, 11) is 0.